The van der Waals surface area contributed by atoms with Crippen LogP contribution in [0.1, 0.15) is 30.0 Å². The summed E-state index contributed by atoms with van der Waals surface area (Å²) in [6.45, 7) is 0.631. The topological polar surface area (TPSA) is 64.7 Å². The minimum atomic E-state index is -0.318. The Hall–Kier alpha value is -2.83. The zero-order chi connectivity index (χ0) is 20.9. The zero-order valence-electron chi connectivity index (χ0n) is 16.6. The van der Waals surface area contributed by atoms with E-state index in [0.717, 1.165) is 18.4 Å². The molecule has 0 saturated carbocycles. The lowest BCUT2D eigenvalue weighted by Gasteiger charge is -2.31. The molecule has 30 heavy (non-hydrogen) atoms. The molecule has 1 saturated heterocycles. The molecule has 1 fully saturated rings. The van der Waals surface area contributed by atoms with Crippen molar-refractivity contribution in [3.05, 3.63) is 83.1 Å². The molecule has 0 aromatic heterocycles. The van der Waals surface area contributed by atoms with Crippen molar-refractivity contribution in [3.63, 3.8) is 0 Å². The van der Waals surface area contributed by atoms with Crippen molar-refractivity contribution in [2.24, 2.45) is 0 Å². The molecule has 2 aliphatic rings. The number of hydrogen-bond donors (Lipinski definition) is 2. The van der Waals surface area contributed by atoms with Gasteiger partial charge in [-0.3, -0.25) is 9.59 Å². The van der Waals surface area contributed by atoms with Gasteiger partial charge in [0.15, 0.2) is 0 Å². The summed E-state index contributed by atoms with van der Waals surface area (Å²) in [4.78, 5) is 26.7. The highest BCUT2D eigenvalue weighted by molar-refractivity contribution is 6.30. The third-order valence-electron chi connectivity index (χ3n) is 5.47. The fourth-order valence-corrected chi connectivity index (χ4v) is 3.98. The van der Waals surface area contributed by atoms with Crippen LogP contribution >= 0.6 is 11.6 Å². The summed E-state index contributed by atoms with van der Waals surface area (Å²) in [6.07, 6.45) is 5.91. The number of aryl methyl sites for hydroxylation is 1. The van der Waals surface area contributed by atoms with Crippen LogP contribution in [0.5, 0.6) is 0 Å². The van der Waals surface area contributed by atoms with Crippen LogP contribution in [0, 0.1) is 0 Å². The van der Waals surface area contributed by atoms with Crippen molar-refractivity contribution in [2.45, 2.75) is 31.3 Å². The molecule has 2 heterocycles. The highest BCUT2D eigenvalue weighted by Gasteiger charge is 2.40. The van der Waals surface area contributed by atoms with Crippen molar-refractivity contribution < 1.29 is 9.59 Å². The summed E-state index contributed by atoms with van der Waals surface area (Å²) < 4.78 is 0. The SMILES string of the molecule is O=C(CN1C=CN2NC(c3ccc(Cl)cc3)CC2C1=O)NCCCc1ccccc1. The highest BCUT2D eigenvalue weighted by atomic mass is 35.5. The van der Waals surface area contributed by atoms with Crippen molar-refractivity contribution in [1.29, 1.82) is 0 Å². The molecule has 0 spiro atoms. The van der Waals surface area contributed by atoms with Crippen molar-refractivity contribution in [3.8, 4) is 0 Å². The first-order valence-corrected chi connectivity index (χ1v) is 10.6. The van der Waals surface area contributed by atoms with E-state index in [1.165, 1.54) is 10.5 Å². The quantitative estimate of drug-likeness (QED) is 0.670. The number of carbonyl (C=O) groups excluding carboxylic acids is 2. The van der Waals surface area contributed by atoms with Crippen LogP contribution in [-0.4, -0.2) is 40.9 Å². The second-order valence-corrected chi connectivity index (χ2v) is 8.03. The molecule has 0 bridgehead atoms. The molecule has 2 amide bonds. The number of hydrazine groups is 1. The number of amides is 2. The van der Waals surface area contributed by atoms with E-state index in [4.69, 9.17) is 11.6 Å². The number of fused-ring (bicyclic) bond motifs is 1. The predicted molar refractivity (Wildman–Crippen MR) is 116 cm³/mol. The first kappa shape index (κ1) is 20.4. The molecular weight excluding hydrogens is 400 g/mol. The molecule has 0 aliphatic carbocycles. The number of nitrogens with zero attached hydrogens (tertiary/aromatic N) is 2. The Morgan fingerprint density at radius 1 is 1.10 bits per heavy atom. The van der Waals surface area contributed by atoms with Gasteiger partial charge in [0.2, 0.25) is 5.91 Å². The monoisotopic (exact) mass is 424 g/mol. The molecular formula is C23H25ClN4O2. The molecule has 2 unspecified atom stereocenters. The van der Waals surface area contributed by atoms with E-state index in [2.05, 4.69) is 22.9 Å². The minimum absolute atomic E-state index is 0.0348. The van der Waals surface area contributed by atoms with Crippen LogP contribution in [0.25, 0.3) is 0 Å². The number of hydrogen-bond acceptors (Lipinski definition) is 4. The smallest absolute Gasteiger partial charge is 0.251 e. The third-order valence-corrected chi connectivity index (χ3v) is 5.72. The van der Waals surface area contributed by atoms with E-state index in [9.17, 15) is 9.59 Å². The van der Waals surface area contributed by atoms with Crippen molar-refractivity contribution >= 4 is 23.4 Å². The number of nitrogens with one attached hydrogen (secondary N) is 2. The predicted octanol–water partition coefficient (Wildman–Crippen LogP) is 3.02. The summed E-state index contributed by atoms with van der Waals surface area (Å²) >= 11 is 5.97. The fraction of sp³-hybridized carbons (Fsp3) is 0.304. The Labute approximate surface area is 181 Å². The Bertz CT molecular complexity index is 917. The van der Waals surface area contributed by atoms with Gasteiger partial charge in [0.25, 0.3) is 5.91 Å². The van der Waals surface area contributed by atoms with E-state index in [0.29, 0.717) is 18.0 Å². The zero-order valence-corrected chi connectivity index (χ0v) is 17.4. The molecule has 7 heteroatoms. The molecule has 4 rings (SSSR count). The lowest BCUT2D eigenvalue weighted by Crippen LogP contribution is -2.50. The normalized spacial score (nSPS) is 20.4. The number of benzene rings is 2. The largest absolute Gasteiger partial charge is 0.355 e. The molecule has 156 valence electrons. The fourth-order valence-electron chi connectivity index (χ4n) is 3.86. The van der Waals surface area contributed by atoms with Gasteiger partial charge in [-0.05, 0) is 42.5 Å². The summed E-state index contributed by atoms with van der Waals surface area (Å²) in [5.74, 6) is -0.212. The van der Waals surface area contributed by atoms with E-state index in [-0.39, 0.29) is 30.4 Å². The van der Waals surface area contributed by atoms with Gasteiger partial charge in [-0.15, -0.1) is 0 Å². The first-order chi connectivity index (χ1) is 14.6. The van der Waals surface area contributed by atoms with Gasteiger partial charge in [0.1, 0.15) is 12.6 Å². The van der Waals surface area contributed by atoms with Gasteiger partial charge in [0.05, 0.1) is 6.04 Å². The first-order valence-electron chi connectivity index (χ1n) is 10.2. The van der Waals surface area contributed by atoms with Crippen LogP contribution in [0.2, 0.25) is 5.02 Å². The average Bonchev–Trinajstić information content (AvgIpc) is 3.20. The summed E-state index contributed by atoms with van der Waals surface area (Å²) in [5.41, 5.74) is 5.68. The van der Waals surface area contributed by atoms with E-state index < -0.39 is 0 Å². The lowest BCUT2D eigenvalue weighted by molar-refractivity contribution is -0.138. The van der Waals surface area contributed by atoms with Gasteiger partial charge in [-0.25, -0.2) is 5.43 Å². The van der Waals surface area contributed by atoms with E-state index in [1.54, 1.807) is 6.20 Å². The Morgan fingerprint density at radius 3 is 2.63 bits per heavy atom. The molecule has 2 aromatic carbocycles. The summed E-state index contributed by atoms with van der Waals surface area (Å²) in [6, 6.07) is 17.5. The second kappa shape index (κ2) is 9.32. The molecule has 0 radical (unpaired) electrons. The maximum absolute atomic E-state index is 12.9. The standard InChI is InChI=1S/C23H25ClN4O2/c24-19-10-8-18(9-11-19)20-15-21-23(30)27(13-14-28(21)26-20)16-22(29)25-12-4-7-17-5-2-1-3-6-17/h1-3,5-6,8-11,13-14,20-21,26H,4,7,12,15-16H2,(H,25,29). The second-order valence-electron chi connectivity index (χ2n) is 7.60. The van der Waals surface area contributed by atoms with Crippen molar-refractivity contribution in [2.75, 3.05) is 13.1 Å². The molecule has 2 atom stereocenters. The number of rotatable bonds is 7. The molecule has 2 aliphatic heterocycles. The lowest BCUT2D eigenvalue weighted by atomic mass is 10.0. The van der Waals surface area contributed by atoms with Crippen LogP contribution in [0.15, 0.2) is 67.0 Å². The molecule has 2 aromatic rings. The minimum Gasteiger partial charge on any atom is -0.355 e. The van der Waals surface area contributed by atoms with E-state index in [1.807, 2.05) is 53.7 Å². The van der Waals surface area contributed by atoms with Crippen molar-refractivity contribution in [1.82, 2.24) is 20.7 Å². The molecule has 6 nitrogen and oxygen atoms in total. The maximum Gasteiger partial charge on any atom is 0.251 e. The maximum atomic E-state index is 12.9. The van der Waals surface area contributed by atoms with Crippen LogP contribution in [0.4, 0.5) is 0 Å². The highest BCUT2D eigenvalue weighted by Crippen LogP contribution is 2.31. The number of carbonyl (C=O) groups is 2. The Morgan fingerprint density at radius 2 is 1.87 bits per heavy atom. The Balaban J connectivity index is 1.25. The van der Waals surface area contributed by atoms with Crippen LogP contribution in [0.3, 0.4) is 0 Å². The third kappa shape index (κ3) is 4.83. The van der Waals surface area contributed by atoms with Crippen LogP contribution in [-0.2, 0) is 16.0 Å². The Kier molecular flexibility index (Phi) is 6.35. The van der Waals surface area contributed by atoms with Gasteiger partial charge in [-0.2, -0.15) is 0 Å². The molecule has 2 N–H and O–H groups in total. The average molecular weight is 425 g/mol. The van der Waals surface area contributed by atoms with E-state index >= 15 is 0 Å². The van der Waals surface area contributed by atoms with Gasteiger partial charge in [-0.1, -0.05) is 54.1 Å². The summed E-state index contributed by atoms with van der Waals surface area (Å²) in [5, 5.41) is 5.43. The van der Waals surface area contributed by atoms with Gasteiger partial charge in [0, 0.05) is 24.0 Å². The van der Waals surface area contributed by atoms with Gasteiger partial charge < -0.3 is 15.2 Å². The summed E-state index contributed by atoms with van der Waals surface area (Å²) in [7, 11) is 0. The van der Waals surface area contributed by atoms with Gasteiger partial charge >= 0.3 is 0 Å². The number of halogens is 1. The van der Waals surface area contributed by atoms with Crippen LogP contribution < -0.4 is 10.7 Å².